The molecule has 1 fully saturated rings. The van der Waals surface area contributed by atoms with Gasteiger partial charge >= 0.3 is 6.09 Å². The molecule has 1 saturated heterocycles. The second kappa shape index (κ2) is 8.86. The molecule has 0 bridgehead atoms. The fraction of sp³-hybridized carbons (Fsp3) is 0.375. The topological polar surface area (TPSA) is 76.2 Å². The third-order valence-electron chi connectivity index (χ3n) is 5.91. The molecule has 170 valence electrons. The Morgan fingerprint density at radius 3 is 2.34 bits per heavy atom. The van der Waals surface area contributed by atoms with E-state index in [1.54, 1.807) is 42.3 Å². The van der Waals surface area contributed by atoms with Crippen LogP contribution < -0.4 is 0 Å². The Morgan fingerprint density at radius 2 is 1.69 bits per heavy atom. The van der Waals surface area contributed by atoms with Crippen LogP contribution in [-0.2, 0) is 26.1 Å². The largest absolute Gasteiger partial charge is 0.488 e. The Hall–Kier alpha value is -3.00. The molecule has 2 aliphatic heterocycles. The van der Waals surface area contributed by atoms with Gasteiger partial charge in [-0.1, -0.05) is 48.0 Å². The lowest BCUT2D eigenvalue weighted by atomic mass is 9.90. The summed E-state index contributed by atoms with van der Waals surface area (Å²) in [4.78, 5) is 14.4. The number of hydrogen-bond acceptors (Lipinski definition) is 5. The molecular weight excluding hydrogens is 428 g/mol. The highest BCUT2D eigenvalue weighted by Crippen LogP contribution is 2.35. The van der Waals surface area contributed by atoms with E-state index in [0.29, 0.717) is 31.7 Å². The zero-order valence-electron chi connectivity index (χ0n) is 18.4. The number of aryl methyl sites for hydroxylation is 1. The maximum absolute atomic E-state index is 13.2. The van der Waals surface area contributed by atoms with Crippen molar-refractivity contribution in [1.29, 1.82) is 0 Å². The third kappa shape index (κ3) is 4.75. The van der Waals surface area contributed by atoms with Gasteiger partial charge in [-0.3, -0.25) is 4.31 Å². The second-order valence-corrected chi connectivity index (χ2v) is 10.3. The van der Waals surface area contributed by atoms with E-state index in [1.165, 1.54) is 4.31 Å². The van der Waals surface area contributed by atoms with Gasteiger partial charge in [-0.25, -0.2) is 13.2 Å². The number of ether oxygens (including phenoxy) is 2. The summed E-state index contributed by atoms with van der Waals surface area (Å²) in [7, 11) is -3.68. The molecule has 0 aromatic heterocycles. The number of piperidine rings is 1. The highest BCUT2D eigenvalue weighted by Gasteiger charge is 2.44. The first kappa shape index (κ1) is 22.2. The van der Waals surface area contributed by atoms with Crippen molar-refractivity contribution in [3.63, 3.8) is 0 Å². The number of carbonyl (C=O) groups is 1. The fourth-order valence-corrected chi connectivity index (χ4v) is 5.54. The molecule has 0 unspecified atom stereocenters. The van der Waals surface area contributed by atoms with Gasteiger partial charge < -0.3 is 14.4 Å². The van der Waals surface area contributed by atoms with Crippen LogP contribution in [0.3, 0.4) is 0 Å². The van der Waals surface area contributed by atoms with Crippen molar-refractivity contribution in [2.24, 2.45) is 0 Å². The van der Waals surface area contributed by atoms with Crippen molar-refractivity contribution in [1.82, 2.24) is 9.21 Å². The zero-order chi connectivity index (χ0) is 22.8. The minimum Gasteiger partial charge on any atom is -0.488 e. The van der Waals surface area contributed by atoms with Gasteiger partial charge in [0.05, 0.1) is 17.6 Å². The highest BCUT2D eigenvalue weighted by molar-refractivity contribution is 7.89. The van der Waals surface area contributed by atoms with Crippen LogP contribution in [-0.4, -0.2) is 49.0 Å². The molecule has 0 saturated carbocycles. The summed E-state index contributed by atoms with van der Waals surface area (Å²) in [6.07, 6.45) is 2.23. The van der Waals surface area contributed by atoms with Crippen LogP contribution in [0.15, 0.2) is 71.5 Å². The molecular formula is C24H28N2O5S. The predicted molar refractivity (Wildman–Crippen MR) is 120 cm³/mol. The summed E-state index contributed by atoms with van der Waals surface area (Å²) in [5, 5.41) is 0. The fourth-order valence-electron chi connectivity index (χ4n) is 4.10. The molecule has 0 radical (unpaired) electrons. The maximum atomic E-state index is 13.2. The maximum Gasteiger partial charge on any atom is 0.410 e. The first-order chi connectivity index (χ1) is 15.3. The molecule has 0 N–H and O–H groups in total. The summed E-state index contributed by atoms with van der Waals surface area (Å²) < 4.78 is 39.3. The van der Waals surface area contributed by atoms with E-state index in [9.17, 15) is 13.2 Å². The molecule has 2 heterocycles. The average Bonchev–Trinajstić information content (AvgIpc) is 2.78. The molecule has 7 nitrogen and oxygen atoms in total. The van der Waals surface area contributed by atoms with Crippen LogP contribution in [0.1, 0.15) is 30.9 Å². The number of hydrogen-bond donors (Lipinski definition) is 0. The molecule has 8 heteroatoms. The summed E-state index contributed by atoms with van der Waals surface area (Å²) in [5.74, 6) is 0.548. The number of amides is 1. The van der Waals surface area contributed by atoms with Crippen molar-refractivity contribution < 1.29 is 22.7 Å². The minimum absolute atomic E-state index is 0.216. The van der Waals surface area contributed by atoms with Crippen LogP contribution in [0.2, 0.25) is 0 Å². The number of carbonyl (C=O) groups excluding carboxylic acids is 1. The SMILES string of the molecule is CC1=CN(S(=O)(=O)c2ccc(C)cc2)CC2(CCN(C(=O)OCc3ccccc3)CC2)O1. The summed E-state index contributed by atoms with van der Waals surface area (Å²) in [6.45, 7) is 5.01. The van der Waals surface area contributed by atoms with E-state index in [2.05, 4.69) is 0 Å². The van der Waals surface area contributed by atoms with Gasteiger partial charge in [0.25, 0.3) is 10.0 Å². The number of nitrogens with zero attached hydrogens (tertiary/aromatic N) is 2. The summed E-state index contributed by atoms with van der Waals surface area (Å²) in [5.41, 5.74) is 1.27. The Labute approximate surface area is 189 Å². The average molecular weight is 457 g/mol. The molecule has 4 rings (SSSR count). The Bertz CT molecular complexity index is 1090. The first-order valence-electron chi connectivity index (χ1n) is 10.7. The normalized spacial score (nSPS) is 18.1. The van der Waals surface area contributed by atoms with Crippen LogP contribution >= 0.6 is 0 Å². The number of allylic oxidation sites excluding steroid dienone is 1. The van der Waals surface area contributed by atoms with E-state index in [4.69, 9.17) is 9.47 Å². The van der Waals surface area contributed by atoms with Gasteiger partial charge in [-0.15, -0.1) is 0 Å². The van der Waals surface area contributed by atoms with Gasteiger partial charge in [0.2, 0.25) is 0 Å². The number of sulfonamides is 1. The number of likely N-dealkylation sites (tertiary alicyclic amines) is 1. The highest BCUT2D eigenvalue weighted by atomic mass is 32.2. The molecule has 2 aromatic carbocycles. The van der Waals surface area contributed by atoms with Crippen molar-refractivity contribution in [2.45, 2.75) is 43.8 Å². The number of rotatable bonds is 4. The van der Waals surface area contributed by atoms with Crippen molar-refractivity contribution >= 4 is 16.1 Å². The third-order valence-corrected chi connectivity index (χ3v) is 7.63. The van der Waals surface area contributed by atoms with Gasteiger partial charge in [0, 0.05) is 25.9 Å². The van der Waals surface area contributed by atoms with Crippen molar-refractivity contribution in [3.8, 4) is 0 Å². The van der Waals surface area contributed by atoms with Crippen molar-refractivity contribution in [3.05, 3.63) is 77.7 Å². The van der Waals surface area contributed by atoms with Crippen LogP contribution in [0, 0.1) is 6.92 Å². The van der Waals surface area contributed by atoms with Gasteiger partial charge in [-0.2, -0.15) is 0 Å². The monoisotopic (exact) mass is 456 g/mol. The van der Waals surface area contributed by atoms with E-state index >= 15 is 0 Å². The second-order valence-electron chi connectivity index (χ2n) is 8.42. The molecule has 1 spiro atoms. The van der Waals surface area contributed by atoms with Crippen LogP contribution in [0.25, 0.3) is 0 Å². The molecule has 2 aliphatic rings. The Morgan fingerprint density at radius 1 is 1.03 bits per heavy atom. The smallest absolute Gasteiger partial charge is 0.410 e. The molecule has 1 amide bonds. The van der Waals surface area contributed by atoms with Crippen molar-refractivity contribution in [2.75, 3.05) is 19.6 Å². The van der Waals surface area contributed by atoms with Gasteiger partial charge in [0.15, 0.2) is 0 Å². The lowest BCUT2D eigenvalue weighted by Gasteiger charge is -2.46. The molecule has 2 aromatic rings. The predicted octanol–water partition coefficient (Wildman–Crippen LogP) is 4.05. The molecule has 0 atom stereocenters. The van der Waals surface area contributed by atoms with E-state index < -0.39 is 15.6 Å². The summed E-state index contributed by atoms with van der Waals surface area (Å²) >= 11 is 0. The van der Waals surface area contributed by atoms with Gasteiger partial charge in [0.1, 0.15) is 18.0 Å². The van der Waals surface area contributed by atoms with E-state index in [1.807, 2.05) is 37.3 Å². The standard InChI is InChI=1S/C24H28N2O5S/c1-19-8-10-22(11-9-19)32(28,29)26-16-20(2)31-24(18-26)12-14-25(15-13-24)23(27)30-17-21-6-4-3-5-7-21/h3-11,16H,12-15,17-18H2,1-2H3. The lowest BCUT2D eigenvalue weighted by molar-refractivity contribution is -0.0641. The quantitative estimate of drug-likeness (QED) is 0.694. The van der Waals surface area contributed by atoms with Crippen LogP contribution in [0.4, 0.5) is 4.79 Å². The summed E-state index contributed by atoms with van der Waals surface area (Å²) in [6, 6.07) is 16.4. The molecule has 32 heavy (non-hydrogen) atoms. The Balaban J connectivity index is 1.40. The number of benzene rings is 2. The first-order valence-corrected chi connectivity index (χ1v) is 12.1. The van der Waals surface area contributed by atoms with E-state index in [0.717, 1.165) is 11.1 Å². The lowest BCUT2D eigenvalue weighted by Crippen LogP contribution is -2.55. The van der Waals surface area contributed by atoms with Gasteiger partial charge in [-0.05, 0) is 31.5 Å². The zero-order valence-corrected chi connectivity index (χ0v) is 19.2. The van der Waals surface area contributed by atoms with E-state index in [-0.39, 0.29) is 24.1 Å². The molecule has 0 aliphatic carbocycles. The Kier molecular flexibility index (Phi) is 6.15. The van der Waals surface area contributed by atoms with Crippen LogP contribution in [0.5, 0.6) is 0 Å². The minimum atomic E-state index is -3.68.